The molecule has 0 spiro atoms. The van der Waals surface area contributed by atoms with Crippen molar-refractivity contribution in [3.63, 3.8) is 0 Å². The van der Waals surface area contributed by atoms with Crippen LogP contribution in [-0.4, -0.2) is 22.7 Å². The average Bonchev–Trinajstić information content (AvgIpc) is 3.03. The number of aryl methyl sites for hydroxylation is 1. The van der Waals surface area contributed by atoms with Crippen LogP contribution in [-0.2, 0) is 16.1 Å². The first kappa shape index (κ1) is 15.3. The number of ketones is 1. The van der Waals surface area contributed by atoms with Crippen LogP contribution < -0.4 is 0 Å². The Morgan fingerprint density at radius 3 is 2.61 bits per heavy atom. The maximum absolute atomic E-state index is 12.1. The Labute approximate surface area is 135 Å². The number of phenols is 1. The molecule has 0 aliphatic carbocycles. The van der Waals surface area contributed by atoms with E-state index >= 15 is 0 Å². The molecule has 0 amide bonds. The van der Waals surface area contributed by atoms with E-state index in [1.807, 2.05) is 30.3 Å². The summed E-state index contributed by atoms with van der Waals surface area (Å²) in [6.45, 7) is 0. The molecule has 1 aliphatic rings. The third-order valence-electron chi connectivity index (χ3n) is 3.92. The normalized spacial score (nSPS) is 16.7. The first-order valence-electron chi connectivity index (χ1n) is 7.78. The van der Waals surface area contributed by atoms with Gasteiger partial charge in [0.25, 0.3) is 0 Å². The minimum Gasteiger partial charge on any atom is -0.508 e. The number of hydrogen-bond acceptors (Lipinski definition) is 4. The quantitative estimate of drug-likeness (QED) is 0.888. The molecule has 0 aromatic heterocycles. The molecule has 1 unspecified atom stereocenters. The predicted molar refractivity (Wildman–Crippen MR) is 88.5 cm³/mol. The molecule has 1 atom stereocenters. The summed E-state index contributed by atoms with van der Waals surface area (Å²) in [5.41, 5.74) is 2.92. The molecule has 1 heterocycles. The number of hydrogen-bond donors (Lipinski definition) is 1. The lowest BCUT2D eigenvalue weighted by molar-refractivity contribution is -0.121. The zero-order valence-electron chi connectivity index (χ0n) is 12.8. The first-order chi connectivity index (χ1) is 11.2. The molecule has 0 saturated heterocycles. The van der Waals surface area contributed by atoms with Crippen molar-refractivity contribution in [3.05, 3.63) is 65.7 Å². The molecule has 23 heavy (non-hydrogen) atoms. The van der Waals surface area contributed by atoms with Crippen LogP contribution in [0.4, 0.5) is 0 Å². The highest BCUT2D eigenvalue weighted by atomic mass is 16.6. The van der Waals surface area contributed by atoms with Crippen LogP contribution in [0.3, 0.4) is 0 Å². The lowest BCUT2D eigenvalue weighted by Gasteiger charge is -2.07. The third-order valence-corrected chi connectivity index (χ3v) is 3.92. The average molecular weight is 309 g/mol. The molecule has 2 aromatic rings. The molecule has 4 nitrogen and oxygen atoms in total. The summed E-state index contributed by atoms with van der Waals surface area (Å²) in [5, 5.41) is 13.4. The summed E-state index contributed by atoms with van der Waals surface area (Å²) in [6, 6.07) is 16.9. The van der Waals surface area contributed by atoms with Crippen LogP contribution in [0.25, 0.3) is 0 Å². The molecule has 3 rings (SSSR count). The molecular weight excluding hydrogens is 290 g/mol. The lowest BCUT2D eigenvalue weighted by Crippen LogP contribution is -2.15. The smallest absolute Gasteiger partial charge is 0.140 e. The Morgan fingerprint density at radius 1 is 1.13 bits per heavy atom. The zero-order chi connectivity index (χ0) is 16.1. The molecule has 0 saturated carbocycles. The summed E-state index contributed by atoms with van der Waals surface area (Å²) in [6.07, 6.45) is 2.12. The molecule has 4 heteroatoms. The van der Waals surface area contributed by atoms with Gasteiger partial charge in [-0.2, -0.15) is 0 Å². The second kappa shape index (κ2) is 7.09. The number of aromatic hydroxyl groups is 1. The third kappa shape index (κ3) is 4.19. The number of rotatable bonds is 6. The van der Waals surface area contributed by atoms with Gasteiger partial charge in [0.2, 0.25) is 0 Å². The summed E-state index contributed by atoms with van der Waals surface area (Å²) in [4.78, 5) is 17.5. The Morgan fingerprint density at radius 2 is 1.87 bits per heavy atom. The van der Waals surface area contributed by atoms with Gasteiger partial charge >= 0.3 is 0 Å². The Balaban J connectivity index is 1.47. The van der Waals surface area contributed by atoms with Gasteiger partial charge in [-0.05, 0) is 41.8 Å². The predicted octanol–water partition coefficient (Wildman–Crippen LogP) is 3.48. The van der Waals surface area contributed by atoms with Crippen LogP contribution in [0.15, 0.2) is 59.8 Å². The SMILES string of the molecule is O=C(CCc1ccccc1)CC1CC(c2ccc(O)cc2)=NO1. The van der Waals surface area contributed by atoms with Crippen molar-refractivity contribution in [2.75, 3.05) is 0 Å². The zero-order valence-corrected chi connectivity index (χ0v) is 12.8. The fraction of sp³-hybridized carbons (Fsp3) is 0.263. The van der Waals surface area contributed by atoms with E-state index in [4.69, 9.17) is 4.84 Å². The van der Waals surface area contributed by atoms with Crippen molar-refractivity contribution >= 4 is 11.5 Å². The number of carbonyl (C=O) groups is 1. The fourth-order valence-corrected chi connectivity index (χ4v) is 2.65. The van der Waals surface area contributed by atoms with E-state index in [9.17, 15) is 9.90 Å². The van der Waals surface area contributed by atoms with Crippen LogP contribution >= 0.6 is 0 Å². The molecular formula is C19H19NO3. The van der Waals surface area contributed by atoms with Crippen molar-refractivity contribution in [1.82, 2.24) is 0 Å². The number of oxime groups is 1. The minimum absolute atomic E-state index is 0.179. The van der Waals surface area contributed by atoms with Crippen molar-refractivity contribution in [1.29, 1.82) is 0 Å². The van der Waals surface area contributed by atoms with Crippen molar-refractivity contribution in [2.45, 2.75) is 31.8 Å². The van der Waals surface area contributed by atoms with Crippen molar-refractivity contribution in [3.8, 4) is 5.75 Å². The molecule has 2 aromatic carbocycles. The van der Waals surface area contributed by atoms with Gasteiger partial charge in [-0.15, -0.1) is 0 Å². The van der Waals surface area contributed by atoms with E-state index in [-0.39, 0.29) is 17.6 Å². The van der Waals surface area contributed by atoms with Gasteiger partial charge < -0.3 is 9.94 Å². The van der Waals surface area contributed by atoms with Crippen LogP contribution in [0.5, 0.6) is 5.75 Å². The molecule has 1 N–H and O–H groups in total. The topological polar surface area (TPSA) is 58.9 Å². The van der Waals surface area contributed by atoms with Gasteiger partial charge in [-0.1, -0.05) is 35.5 Å². The molecule has 0 fully saturated rings. The second-order valence-corrected chi connectivity index (χ2v) is 5.74. The number of Topliss-reactive ketones (excluding diaryl/α,β-unsaturated/α-hetero) is 1. The molecule has 0 bridgehead atoms. The highest BCUT2D eigenvalue weighted by molar-refractivity contribution is 6.01. The highest BCUT2D eigenvalue weighted by Crippen LogP contribution is 2.21. The minimum atomic E-state index is -0.179. The van der Waals surface area contributed by atoms with E-state index < -0.39 is 0 Å². The second-order valence-electron chi connectivity index (χ2n) is 5.74. The lowest BCUT2D eigenvalue weighted by atomic mass is 9.99. The Hall–Kier alpha value is -2.62. The Bertz CT molecular complexity index is 692. The number of nitrogens with zero attached hydrogens (tertiary/aromatic N) is 1. The van der Waals surface area contributed by atoms with Gasteiger partial charge in [0, 0.05) is 19.3 Å². The number of benzene rings is 2. The number of carbonyl (C=O) groups excluding carboxylic acids is 1. The largest absolute Gasteiger partial charge is 0.508 e. The molecule has 118 valence electrons. The monoisotopic (exact) mass is 309 g/mol. The highest BCUT2D eigenvalue weighted by Gasteiger charge is 2.24. The summed E-state index contributed by atoms with van der Waals surface area (Å²) in [7, 11) is 0. The number of phenolic OH excluding ortho intramolecular Hbond substituents is 1. The van der Waals surface area contributed by atoms with Gasteiger partial charge in [0.05, 0.1) is 5.71 Å². The van der Waals surface area contributed by atoms with E-state index in [1.165, 1.54) is 5.56 Å². The molecule has 0 radical (unpaired) electrons. The standard InChI is InChI=1S/C19H19NO3/c21-16-10-7-15(8-11-16)19-13-18(23-20-19)12-17(22)9-6-14-4-2-1-3-5-14/h1-5,7-8,10-11,18,21H,6,9,12-13H2. The summed E-state index contributed by atoms with van der Waals surface area (Å²) >= 11 is 0. The van der Waals surface area contributed by atoms with Gasteiger partial charge in [0.15, 0.2) is 0 Å². The van der Waals surface area contributed by atoms with Gasteiger partial charge in [-0.3, -0.25) is 4.79 Å². The van der Waals surface area contributed by atoms with Gasteiger partial charge in [-0.25, -0.2) is 0 Å². The van der Waals surface area contributed by atoms with Crippen molar-refractivity contribution in [2.24, 2.45) is 5.16 Å². The van der Waals surface area contributed by atoms with Crippen LogP contribution in [0.2, 0.25) is 0 Å². The molecule has 1 aliphatic heterocycles. The van der Waals surface area contributed by atoms with E-state index in [0.717, 1.165) is 17.7 Å². The maximum atomic E-state index is 12.1. The van der Waals surface area contributed by atoms with E-state index in [1.54, 1.807) is 24.3 Å². The fourth-order valence-electron chi connectivity index (χ4n) is 2.65. The summed E-state index contributed by atoms with van der Waals surface area (Å²) < 4.78 is 0. The first-order valence-corrected chi connectivity index (χ1v) is 7.78. The summed E-state index contributed by atoms with van der Waals surface area (Å²) in [5.74, 6) is 0.418. The van der Waals surface area contributed by atoms with Crippen LogP contribution in [0.1, 0.15) is 30.4 Å². The van der Waals surface area contributed by atoms with Crippen molar-refractivity contribution < 1.29 is 14.7 Å². The van der Waals surface area contributed by atoms with E-state index in [0.29, 0.717) is 19.3 Å². The van der Waals surface area contributed by atoms with Crippen LogP contribution in [0, 0.1) is 0 Å². The van der Waals surface area contributed by atoms with E-state index in [2.05, 4.69) is 5.16 Å². The van der Waals surface area contributed by atoms with Gasteiger partial charge in [0.1, 0.15) is 17.6 Å². The Kier molecular flexibility index (Phi) is 4.71. The maximum Gasteiger partial charge on any atom is 0.140 e.